The van der Waals surface area contributed by atoms with Crippen LogP contribution in [0.2, 0.25) is 0 Å². The first kappa shape index (κ1) is 19.5. The second kappa shape index (κ2) is 7.34. The molecule has 3 aromatic rings. The molecule has 2 aliphatic rings. The van der Waals surface area contributed by atoms with E-state index >= 15 is 0 Å². The fourth-order valence-corrected chi connectivity index (χ4v) is 5.41. The second-order valence-electron chi connectivity index (χ2n) is 8.71. The number of fused-ring (bicyclic) bond motifs is 1. The van der Waals surface area contributed by atoms with Crippen molar-refractivity contribution in [2.75, 3.05) is 24.5 Å². The van der Waals surface area contributed by atoms with Crippen molar-refractivity contribution in [1.29, 1.82) is 0 Å². The number of aromatic nitrogens is 4. The third kappa shape index (κ3) is 3.17. The molecule has 5 rings (SSSR count). The number of amides is 1. The van der Waals surface area contributed by atoms with Crippen molar-refractivity contribution in [3.05, 3.63) is 39.6 Å². The number of nitrogens with zero attached hydrogens (tertiary/aromatic N) is 6. The molecule has 3 aromatic heterocycles. The number of anilines is 1. The predicted octanol–water partition coefficient (Wildman–Crippen LogP) is 3.94. The summed E-state index contributed by atoms with van der Waals surface area (Å²) in [5, 5.41) is 7.67. The van der Waals surface area contributed by atoms with E-state index in [9.17, 15) is 4.79 Å². The average Bonchev–Trinajstić information content (AvgIpc) is 3.47. The van der Waals surface area contributed by atoms with Gasteiger partial charge in [0.1, 0.15) is 11.5 Å². The number of thiazole rings is 1. The van der Waals surface area contributed by atoms with Crippen molar-refractivity contribution in [3.63, 3.8) is 0 Å². The van der Waals surface area contributed by atoms with Crippen LogP contribution >= 0.6 is 11.3 Å². The van der Waals surface area contributed by atoms with Crippen LogP contribution in [0.4, 0.5) is 5.82 Å². The smallest absolute Gasteiger partial charge is 0.274 e. The minimum absolute atomic E-state index is 0.000464. The van der Waals surface area contributed by atoms with Gasteiger partial charge in [-0.25, -0.2) is 14.5 Å². The van der Waals surface area contributed by atoms with Crippen LogP contribution in [0.5, 0.6) is 0 Å². The molecule has 0 aromatic carbocycles. The van der Waals surface area contributed by atoms with Gasteiger partial charge in [-0.2, -0.15) is 5.10 Å². The molecule has 5 heterocycles. The first-order valence-electron chi connectivity index (χ1n) is 10.8. The van der Waals surface area contributed by atoms with E-state index in [1.54, 1.807) is 0 Å². The minimum atomic E-state index is -0.456. The van der Waals surface area contributed by atoms with Crippen molar-refractivity contribution in [2.24, 2.45) is 0 Å². The van der Waals surface area contributed by atoms with E-state index in [1.807, 2.05) is 21.7 Å². The van der Waals surface area contributed by atoms with Crippen LogP contribution in [-0.4, -0.2) is 50.0 Å². The number of aryl methyl sites for hydroxylation is 2. The topological polar surface area (TPSA) is 66.6 Å². The molecule has 0 spiro atoms. The summed E-state index contributed by atoms with van der Waals surface area (Å²) in [7, 11) is 0. The fourth-order valence-electron chi connectivity index (χ4n) is 4.83. The number of carbonyl (C=O) groups is 1. The molecule has 2 saturated heterocycles. The quantitative estimate of drug-likeness (QED) is 0.637. The molecule has 158 valence electrons. The normalized spacial score (nSPS) is 22.2. The monoisotopic (exact) mass is 424 g/mol. The average molecular weight is 425 g/mol. The van der Waals surface area contributed by atoms with Crippen LogP contribution in [0.25, 0.3) is 5.65 Å². The zero-order chi connectivity index (χ0) is 20.9. The minimum Gasteiger partial charge on any atom is -0.356 e. The Hall–Kier alpha value is -2.48. The first-order chi connectivity index (χ1) is 14.5. The highest BCUT2D eigenvalue weighted by Crippen LogP contribution is 2.38. The molecular formula is C22H28N6OS. The summed E-state index contributed by atoms with van der Waals surface area (Å²) >= 11 is 1.52. The van der Waals surface area contributed by atoms with Crippen LogP contribution in [-0.2, 0) is 5.54 Å². The number of likely N-dealkylation sites (tertiary alicyclic amines) is 1. The summed E-state index contributed by atoms with van der Waals surface area (Å²) in [5.74, 6) is 1.06. The molecule has 2 aliphatic heterocycles. The maximum atomic E-state index is 13.3. The van der Waals surface area contributed by atoms with Gasteiger partial charge in [0.05, 0.1) is 16.2 Å². The van der Waals surface area contributed by atoms with Crippen LogP contribution in [0, 0.1) is 13.8 Å². The van der Waals surface area contributed by atoms with E-state index in [2.05, 4.69) is 36.0 Å². The van der Waals surface area contributed by atoms with Crippen LogP contribution in [0.1, 0.15) is 65.8 Å². The number of hydrogen-bond donors (Lipinski definition) is 0. The van der Waals surface area contributed by atoms with Crippen LogP contribution < -0.4 is 4.90 Å². The fraction of sp³-hybridized carbons (Fsp3) is 0.545. The molecule has 7 nitrogen and oxygen atoms in total. The van der Waals surface area contributed by atoms with Gasteiger partial charge in [-0.3, -0.25) is 4.79 Å². The molecule has 30 heavy (non-hydrogen) atoms. The van der Waals surface area contributed by atoms with Crippen molar-refractivity contribution in [3.8, 4) is 0 Å². The number of carbonyl (C=O) groups excluding carboxylic acids is 1. The number of rotatable bonds is 3. The molecule has 1 amide bonds. The van der Waals surface area contributed by atoms with Gasteiger partial charge in [-0.1, -0.05) is 0 Å². The maximum Gasteiger partial charge on any atom is 0.274 e. The van der Waals surface area contributed by atoms with Gasteiger partial charge >= 0.3 is 0 Å². The molecule has 1 unspecified atom stereocenters. The molecule has 0 saturated carbocycles. The summed E-state index contributed by atoms with van der Waals surface area (Å²) in [6, 6.07) is 2.07. The number of piperidine rings is 1. The third-order valence-electron chi connectivity index (χ3n) is 6.54. The van der Waals surface area contributed by atoms with E-state index in [0.29, 0.717) is 5.69 Å². The second-order valence-corrected chi connectivity index (χ2v) is 9.78. The highest BCUT2D eigenvalue weighted by molar-refractivity contribution is 7.09. The molecule has 2 fully saturated rings. The van der Waals surface area contributed by atoms with Crippen molar-refractivity contribution >= 4 is 28.7 Å². The lowest BCUT2D eigenvalue weighted by molar-refractivity contribution is 0.0343. The molecule has 0 aliphatic carbocycles. The van der Waals surface area contributed by atoms with Crippen molar-refractivity contribution in [1.82, 2.24) is 24.5 Å². The predicted molar refractivity (Wildman–Crippen MR) is 118 cm³/mol. The lowest BCUT2D eigenvalue weighted by Crippen LogP contribution is -2.50. The van der Waals surface area contributed by atoms with Crippen molar-refractivity contribution in [2.45, 2.75) is 58.4 Å². The Bertz CT molecular complexity index is 1100. The van der Waals surface area contributed by atoms with E-state index in [-0.39, 0.29) is 5.91 Å². The third-order valence-corrected chi connectivity index (χ3v) is 7.31. The Morgan fingerprint density at radius 1 is 1.10 bits per heavy atom. The van der Waals surface area contributed by atoms with Crippen LogP contribution in [0.3, 0.4) is 0 Å². The van der Waals surface area contributed by atoms with Gasteiger partial charge in [0, 0.05) is 42.8 Å². The summed E-state index contributed by atoms with van der Waals surface area (Å²) in [5.41, 5.74) is 2.98. The summed E-state index contributed by atoms with van der Waals surface area (Å²) in [6.45, 7) is 9.04. The summed E-state index contributed by atoms with van der Waals surface area (Å²) in [4.78, 5) is 27.0. The standard InChI is InChI=1S/C22H28N6OS/c1-15-13-28-19(24-20(15)26-9-6-7-10-26)12-18(25-28)22(3)8-4-5-11-27(22)21(29)17-14-30-16(2)23-17/h12-14H,4-11H2,1-3H3. The molecule has 0 N–H and O–H groups in total. The van der Waals surface area contributed by atoms with Crippen molar-refractivity contribution < 1.29 is 4.79 Å². The lowest BCUT2D eigenvalue weighted by Gasteiger charge is -2.43. The molecule has 1 atom stereocenters. The molecule has 0 bridgehead atoms. The SMILES string of the molecule is Cc1nc(C(=O)N2CCCCC2(C)c2cc3nc(N4CCCC4)c(C)cn3n2)cs1. The maximum absolute atomic E-state index is 13.3. The summed E-state index contributed by atoms with van der Waals surface area (Å²) < 4.78 is 1.87. The Labute approximate surface area is 180 Å². The summed E-state index contributed by atoms with van der Waals surface area (Å²) in [6.07, 6.45) is 7.50. The highest BCUT2D eigenvalue weighted by atomic mass is 32.1. The Morgan fingerprint density at radius 3 is 2.60 bits per heavy atom. The van der Waals surface area contributed by atoms with Gasteiger partial charge in [-0.15, -0.1) is 11.3 Å². The number of hydrogen-bond acceptors (Lipinski definition) is 6. The lowest BCUT2D eigenvalue weighted by atomic mass is 9.85. The Morgan fingerprint density at radius 2 is 1.87 bits per heavy atom. The van der Waals surface area contributed by atoms with Gasteiger partial charge < -0.3 is 9.80 Å². The molecular weight excluding hydrogens is 396 g/mol. The van der Waals surface area contributed by atoms with E-state index in [1.165, 1.54) is 24.2 Å². The molecule has 8 heteroatoms. The van der Waals surface area contributed by atoms with E-state index < -0.39 is 5.54 Å². The van der Waals surface area contributed by atoms with Crippen LogP contribution in [0.15, 0.2) is 17.6 Å². The van der Waals surface area contributed by atoms with Gasteiger partial charge in [0.2, 0.25) is 0 Å². The Kier molecular flexibility index (Phi) is 4.76. The van der Waals surface area contributed by atoms with Gasteiger partial charge in [-0.05, 0) is 52.9 Å². The van der Waals surface area contributed by atoms with Gasteiger partial charge in [0.15, 0.2) is 5.65 Å². The largest absolute Gasteiger partial charge is 0.356 e. The zero-order valence-electron chi connectivity index (χ0n) is 17.9. The molecule has 0 radical (unpaired) electrons. The van der Waals surface area contributed by atoms with E-state index in [0.717, 1.165) is 66.6 Å². The zero-order valence-corrected chi connectivity index (χ0v) is 18.7. The van der Waals surface area contributed by atoms with Gasteiger partial charge in [0.25, 0.3) is 5.91 Å². The first-order valence-corrected chi connectivity index (χ1v) is 11.7. The highest BCUT2D eigenvalue weighted by Gasteiger charge is 2.42. The van der Waals surface area contributed by atoms with E-state index in [4.69, 9.17) is 10.1 Å². The Balaban J connectivity index is 1.53.